The number of halogens is 3. The lowest BCUT2D eigenvalue weighted by Crippen LogP contribution is -2.29. The van der Waals surface area contributed by atoms with Crippen LogP contribution in [0.1, 0.15) is 20.8 Å². The molecule has 90 valence electrons. The molecule has 0 saturated heterocycles. The van der Waals surface area contributed by atoms with Gasteiger partial charge < -0.3 is 0 Å². The number of sulfone groups is 1. The molecule has 0 spiro atoms. The Morgan fingerprint density at radius 2 is 1.38 bits per heavy atom. The maximum atomic E-state index is 13.3. The Bertz CT molecular complexity index is 516. The van der Waals surface area contributed by atoms with E-state index in [9.17, 15) is 21.6 Å². The van der Waals surface area contributed by atoms with Gasteiger partial charge in [0.05, 0.1) is 4.75 Å². The van der Waals surface area contributed by atoms with Crippen molar-refractivity contribution >= 4 is 9.84 Å². The topological polar surface area (TPSA) is 34.1 Å². The first-order chi connectivity index (χ1) is 7.07. The zero-order valence-electron chi connectivity index (χ0n) is 9.01. The summed E-state index contributed by atoms with van der Waals surface area (Å²) in [7, 11) is -4.03. The second-order valence-electron chi connectivity index (χ2n) is 4.31. The molecule has 1 aromatic rings. The first-order valence-corrected chi connectivity index (χ1v) is 5.95. The van der Waals surface area contributed by atoms with Crippen LogP contribution in [0.4, 0.5) is 13.2 Å². The Balaban J connectivity index is 3.53. The minimum Gasteiger partial charge on any atom is -0.223 e. The fourth-order valence-electron chi connectivity index (χ4n) is 1.04. The molecule has 0 aliphatic carbocycles. The van der Waals surface area contributed by atoms with Gasteiger partial charge in [0.1, 0.15) is 10.7 Å². The average Bonchev–Trinajstić information content (AvgIpc) is 2.09. The zero-order valence-corrected chi connectivity index (χ0v) is 9.83. The van der Waals surface area contributed by atoms with Crippen LogP contribution in [0.5, 0.6) is 0 Å². The van der Waals surface area contributed by atoms with E-state index in [0.29, 0.717) is 6.07 Å². The van der Waals surface area contributed by atoms with E-state index in [1.54, 1.807) is 0 Å². The van der Waals surface area contributed by atoms with Gasteiger partial charge in [0.25, 0.3) is 0 Å². The third-order valence-electron chi connectivity index (χ3n) is 2.07. The van der Waals surface area contributed by atoms with Gasteiger partial charge in [-0.05, 0) is 26.8 Å². The molecule has 0 fully saturated rings. The first kappa shape index (κ1) is 13.0. The molecular formula is C10H11F3O2S. The Labute approximate surface area is 92.0 Å². The smallest absolute Gasteiger partial charge is 0.186 e. The van der Waals surface area contributed by atoms with Gasteiger partial charge in [0, 0.05) is 6.07 Å². The summed E-state index contributed by atoms with van der Waals surface area (Å²) in [5.41, 5.74) is 0. The second-order valence-corrected chi connectivity index (χ2v) is 6.98. The molecule has 1 rings (SSSR count). The standard InChI is InChI=1S/C10H11F3O2S/c1-10(2,3)16(14,15)9-5-7(12)6(11)4-8(9)13/h4-5H,1-3H3. The van der Waals surface area contributed by atoms with E-state index < -0.39 is 36.9 Å². The van der Waals surface area contributed by atoms with Gasteiger partial charge in [-0.1, -0.05) is 0 Å². The quantitative estimate of drug-likeness (QED) is 0.569. The largest absolute Gasteiger partial charge is 0.223 e. The van der Waals surface area contributed by atoms with Gasteiger partial charge in [-0.15, -0.1) is 0 Å². The Hall–Kier alpha value is -1.04. The summed E-state index contributed by atoms with van der Waals surface area (Å²) in [6.45, 7) is 4.05. The highest BCUT2D eigenvalue weighted by atomic mass is 32.2. The molecule has 1 aromatic carbocycles. The minimum atomic E-state index is -4.03. The summed E-state index contributed by atoms with van der Waals surface area (Å²) >= 11 is 0. The minimum absolute atomic E-state index is 0.230. The van der Waals surface area contributed by atoms with E-state index in [-0.39, 0.29) is 6.07 Å². The van der Waals surface area contributed by atoms with E-state index in [2.05, 4.69) is 0 Å². The zero-order chi connectivity index (χ0) is 12.7. The van der Waals surface area contributed by atoms with Crippen molar-refractivity contribution in [3.05, 3.63) is 29.6 Å². The van der Waals surface area contributed by atoms with E-state index >= 15 is 0 Å². The third-order valence-corrected chi connectivity index (χ3v) is 4.57. The van der Waals surface area contributed by atoms with Crippen LogP contribution in [-0.4, -0.2) is 13.2 Å². The Morgan fingerprint density at radius 3 is 1.81 bits per heavy atom. The van der Waals surface area contributed by atoms with Crippen molar-refractivity contribution in [1.29, 1.82) is 0 Å². The highest BCUT2D eigenvalue weighted by Gasteiger charge is 2.34. The van der Waals surface area contributed by atoms with Crippen molar-refractivity contribution < 1.29 is 21.6 Å². The molecule has 2 nitrogen and oxygen atoms in total. The molecule has 0 amide bonds. The molecule has 0 unspecified atom stereocenters. The van der Waals surface area contributed by atoms with Gasteiger partial charge in [-0.25, -0.2) is 21.6 Å². The molecule has 0 radical (unpaired) electrons. The summed E-state index contributed by atoms with van der Waals surface area (Å²) in [6.07, 6.45) is 0. The predicted molar refractivity (Wildman–Crippen MR) is 53.3 cm³/mol. The lowest BCUT2D eigenvalue weighted by Gasteiger charge is -2.19. The molecule has 0 aliphatic heterocycles. The van der Waals surface area contributed by atoms with Crippen LogP contribution in [0.2, 0.25) is 0 Å². The fourth-order valence-corrected chi connectivity index (χ4v) is 2.27. The normalized spacial score (nSPS) is 12.9. The van der Waals surface area contributed by atoms with Crippen LogP contribution >= 0.6 is 0 Å². The van der Waals surface area contributed by atoms with Crippen molar-refractivity contribution in [1.82, 2.24) is 0 Å². The van der Waals surface area contributed by atoms with Gasteiger partial charge in [0.15, 0.2) is 21.5 Å². The first-order valence-electron chi connectivity index (χ1n) is 4.46. The van der Waals surface area contributed by atoms with Crippen molar-refractivity contribution in [2.45, 2.75) is 30.4 Å². The molecule has 6 heteroatoms. The molecule has 0 bridgehead atoms. The maximum absolute atomic E-state index is 13.3. The second kappa shape index (κ2) is 3.76. The average molecular weight is 252 g/mol. The summed E-state index contributed by atoms with van der Waals surface area (Å²) < 4.78 is 61.1. The summed E-state index contributed by atoms with van der Waals surface area (Å²) in [6, 6.07) is 0.596. The van der Waals surface area contributed by atoms with E-state index in [0.717, 1.165) is 0 Å². The fraction of sp³-hybridized carbons (Fsp3) is 0.400. The van der Waals surface area contributed by atoms with Crippen molar-refractivity contribution in [3.63, 3.8) is 0 Å². The van der Waals surface area contributed by atoms with Crippen molar-refractivity contribution in [3.8, 4) is 0 Å². The van der Waals surface area contributed by atoms with Crippen LogP contribution in [0.25, 0.3) is 0 Å². The highest BCUT2D eigenvalue weighted by Crippen LogP contribution is 2.28. The SMILES string of the molecule is CC(C)(C)S(=O)(=O)c1cc(F)c(F)cc1F. The molecule has 0 heterocycles. The molecule has 0 aromatic heterocycles. The summed E-state index contributed by atoms with van der Waals surface area (Å²) in [4.78, 5) is -0.820. The van der Waals surface area contributed by atoms with Crippen LogP contribution in [0.15, 0.2) is 17.0 Å². The molecule has 0 aliphatic rings. The number of hydrogen-bond acceptors (Lipinski definition) is 2. The van der Waals surface area contributed by atoms with Crippen molar-refractivity contribution in [2.75, 3.05) is 0 Å². The van der Waals surface area contributed by atoms with Crippen LogP contribution in [0, 0.1) is 17.5 Å². The molecule has 0 N–H and O–H groups in total. The third kappa shape index (κ3) is 2.07. The Kier molecular flexibility index (Phi) is 3.06. The van der Waals surface area contributed by atoms with Gasteiger partial charge in [-0.3, -0.25) is 0 Å². The van der Waals surface area contributed by atoms with E-state index in [1.165, 1.54) is 20.8 Å². The van der Waals surface area contributed by atoms with Crippen molar-refractivity contribution in [2.24, 2.45) is 0 Å². The van der Waals surface area contributed by atoms with Gasteiger partial charge >= 0.3 is 0 Å². The van der Waals surface area contributed by atoms with Crippen LogP contribution in [0.3, 0.4) is 0 Å². The number of rotatable bonds is 1. The lowest BCUT2D eigenvalue weighted by atomic mass is 10.3. The number of hydrogen-bond donors (Lipinski definition) is 0. The molecule has 0 saturated carbocycles. The number of benzene rings is 1. The summed E-state index contributed by atoms with van der Waals surface area (Å²) in [5.74, 6) is -4.08. The molecule has 16 heavy (non-hydrogen) atoms. The van der Waals surface area contributed by atoms with E-state index in [1.807, 2.05) is 0 Å². The van der Waals surface area contributed by atoms with E-state index in [4.69, 9.17) is 0 Å². The van der Waals surface area contributed by atoms with Crippen LogP contribution in [-0.2, 0) is 9.84 Å². The summed E-state index contributed by atoms with van der Waals surface area (Å²) in [5, 5.41) is 0. The van der Waals surface area contributed by atoms with Crippen LogP contribution < -0.4 is 0 Å². The molecular weight excluding hydrogens is 241 g/mol. The predicted octanol–water partition coefficient (Wildman–Crippen LogP) is 2.68. The Morgan fingerprint density at radius 1 is 0.938 bits per heavy atom. The van der Waals surface area contributed by atoms with Gasteiger partial charge in [-0.2, -0.15) is 0 Å². The lowest BCUT2D eigenvalue weighted by molar-refractivity contribution is 0.479. The monoisotopic (exact) mass is 252 g/mol. The molecule has 0 atom stereocenters. The maximum Gasteiger partial charge on any atom is 0.186 e. The highest BCUT2D eigenvalue weighted by molar-refractivity contribution is 7.92. The van der Waals surface area contributed by atoms with Gasteiger partial charge in [0.2, 0.25) is 0 Å².